The molecule has 1 nitrogen and oxygen atoms in total. The standard InChI is InChI=1S/C10H16O/c1-8-4-9(2)6-10(3,5-8)7-11/h4,7-8H,5-6H2,1-3H3. The minimum Gasteiger partial charge on any atom is -0.303 e. The molecule has 11 heavy (non-hydrogen) atoms. The van der Waals surface area contributed by atoms with Crippen LogP contribution >= 0.6 is 0 Å². The number of hydrogen-bond donors (Lipinski definition) is 0. The Labute approximate surface area is 68.5 Å². The summed E-state index contributed by atoms with van der Waals surface area (Å²) in [7, 11) is 0. The summed E-state index contributed by atoms with van der Waals surface area (Å²) >= 11 is 0. The van der Waals surface area contributed by atoms with Crippen molar-refractivity contribution in [3.63, 3.8) is 0 Å². The number of allylic oxidation sites excluding steroid dienone is 2. The van der Waals surface area contributed by atoms with Crippen molar-refractivity contribution in [1.29, 1.82) is 0 Å². The normalized spacial score (nSPS) is 38.1. The zero-order valence-corrected chi connectivity index (χ0v) is 7.55. The number of rotatable bonds is 1. The Bertz CT molecular complexity index is 193. The average molecular weight is 152 g/mol. The van der Waals surface area contributed by atoms with E-state index in [9.17, 15) is 4.79 Å². The predicted octanol–water partition coefficient (Wildman–Crippen LogP) is 2.57. The first-order valence-electron chi connectivity index (χ1n) is 4.19. The lowest BCUT2D eigenvalue weighted by molar-refractivity contribution is -0.116. The van der Waals surface area contributed by atoms with Crippen LogP contribution in [0, 0.1) is 11.3 Å². The maximum Gasteiger partial charge on any atom is 0.126 e. The highest BCUT2D eigenvalue weighted by Crippen LogP contribution is 2.36. The van der Waals surface area contributed by atoms with Crippen molar-refractivity contribution in [2.45, 2.75) is 33.6 Å². The van der Waals surface area contributed by atoms with Gasteiger partial charge >= 0.3 is 0 Å². The third-order valence-electron chi connectivity index (χ3n) is 2.32. The predicted molar refractivity (Wildman–Crippen MR) is 46.3 cm³/mol. The minimum atomic E-state index is -0.0851. The van der Waals surface area contributed by atoms with Gasteiger partial charge in [-0.15, -0.1) is 0 Å². The number of aldehydes is 1. The van der Waals surface area contributed by atoms with E-state index in [-0.39, 0.29) is 5.41 Å². The third kappa shape index (κ3) is 1.92. The van der Waals surface area contributed by atoms with Gasteiger partial charge in [0.2, 0.25) is 0 Å². The van der Waals surface area contributed by atoms with Crippen molar-refractivity contribution < 1.29 is 4.79 Å². The van der Waals surface area contributed by atoms with E-state index in [0.29, 0.717) is 5.92 Å². The Morgan fingerprint density at radius 3 is 2.82 bits per heavy atom. The van der Waals surface area contributed by atoms with Crippen LogP contribution in [0.5, 0.6) is 0 Å². The lowest BCUT2D eigenvalue weighted by Crippen LogP contribution is -2.24. The Morgan fingerprint density at radius 1 is 1.73 bits per heavy atom. The lowest BCUT2D eigenvalue weighted by atomic mass is 9.73. The average Bonchev–Trinajstić information content (AvgIpc) is 1.84. The number of hydrogen-bond acceptors (Lipinski definition) is 1. The summed E-state index contributed by atoms with van der Waals surface area (Å²) in [5.74, 6) is 0.568. The van der Waals surface area contributed by atoms with Crippen LogP contribution in [0.4, 0.5) is 0 Å². The van der Waals surface area contributed by atoms with Crippen molar-refractivity contribution >= 4 is 6.29 Å². The summed E-state index contributed by atoms with van der Waals surface area (Å²) in [5.41, 5.74) is 1.27. The van der Waals surface area contributed by atoms with Gasteiger partial charge in [-0.1, -0.05) is 25.5 Å². The molecule has 0 amide bonds. The van der Waals surface area contributed by atoms with Gasteiger partial charge in [-0.3, -0.25) is 0 Å². The summed E-state index contributed by atoms with van der Waals surface area (Å²) in [6.07, 6.45) is 5.33. The molecule has 0 N–H and O–H groups in total. The maximum absolute atomic E-state index is 10.7. The van der Waals surface area contributed by atoms with Gasteiger partial charge in [0.25, 0.3) is 0 Å². The summed E-state index contributed by atoms with van der Waals surface area (Å²) in [6.45, 7) is 6.33. The zero-order chi connectivity index (χ0) is 8.48. The Kier molecular flexibility index (Phi) is 2.17. The van der Waals surface area contributed by atoms with Crippen molar-refractivity contribution in [2.75, 3.05) is 0 Å². The Morgan fingerprint density at radius 2 is 2.36 bits per heavy atom. The number of carbonyl (C=O) groups is 1. The molecule has 0 heterocycles. The highest BCUT2D eigenvalue weighted by atomic mass is 16.1. The molecule has 0 saturated heterocycles. The van der Waals surface area contributed by atoms with E-state index >= 15 is 0 Å². The Balaban J connectivity index is 2.78. The summed E-state index contributed by atoms with van der Waals surface area (Å²) in [6, 6.07) is 0. The fourth-order valence-electron chi connectivity index (χ4n) is 2.14. The van der Waals surface area contributed by atoms with Crippen LogP contribution in [0.1, 0.15) is 33.6 Å². The van der Waals surface area contributed by atoms with Crippen LogP contribution < -0.4 is 0 Å². The molecule has 0 bridgehead atoms. The van der Waals surface area contributed by atoms with Gasteiger partial charge in [0.1, 0.15) is 6.29 Å². The molecule has 2 unspecified atom stereocenters. The SMILES string of the molecule is CC1=CC(C)CC(C)(C=O)C1. The molecule has 1 heteroatoms. The van der Waals surface area contributed by atoms with E-state index < -0.39 is 0 Å². The first kappa shape index (κ1) is 8.51. The minimum absolute atomic E-state index is 0.0851. The second-order valence-electron chi connectivity index (χ2n) is 4.14. The first-order chi connectivity index (χ1) is 5.06. The van der Waals surface area contributed by atoms with Crippen LogP contribution in [-0.2, 0) is 4.79 Å². The molecule has 1 aliphatic rings. The molecule has 1 aliphatic carbocycles. The molecular weight excluding hydrogens is 136 g/mol. The third-order valence-corrected chi connectivity index (χ3v) is 2.32. The molecule has 0 radical (unpaired) electrons. The summed E-state index contributed by atoms with van der Waals surface area (Å²) in [4.78, 5) is 10.7. The molecule has 0 spiro atoms. The molecule has 2 atom stereocenters. The van der Waals surface area contributed by atoms with E-state index in [1.165, 1.54) is 5.57 Å². The van der Waals surface area contributed by atoms with Crippen LogP contribution in [-0.4, -0.2) is 6.29 Å². The highest BCUT2D eigenvalue weighted by Gasteiger charge is 2.29. The second kappa shape index (κ2) is 2.80. The van der Waals surface area contributed by atoms with Gasteiger partial charge < -0.3 is 4.79 Å². The van der Waals surface area contributed by atoms with Crippen LogP contribution in [0.25, 0.3) is 0 Å². The molecule has 0 aliphatic heterocycles. The van der Waals surface area contributed by atoms with Crippen LogP contribution in [0.15, 0.2) is 11.6 Å². The summed E-state index contributed by atoms with van der Waals surface area (Å²) in [5, 5.41) is 0. The summed E-state index contributed by atoms with van der Waals surface area (Å²) < 4.78 is 0. The smallest absolute Gasteiger partial charge is 0.126 e. The van der Waals surface area contributed by atoms with Crippen LogP contribution in [0.3, 0.4) is 0 Å². The number of carbonyl (C=O) groups excluding carboxylic acids is 1. The van der Waals surface area contributed by atoms with E-state index in [4.69, 9.17) is 0 Å². The lowest BCUT2D eigenvalue weighted by Gasteiger charge is -2.30. The van der Waals surface area contributed by atoms with Gasteiger partial charge in [-0.25, -0.2) is 0 Å². The molecule has 62 valence electrons. The van der Waals surface area contributed by atoms with Gasteiger partial charge in [0.15, 0.2) is 0 Å². The molecule has 0 saturated carbocycles. The molecule has 0 aromatic rings. The first-order valence-corrected chi connectivity index (χ1v) is 4.19. The van der Waals surface area contributed by atoms with E-state index in [2.05, 4.69) is 19.9 Å². The van der Waals surface area contributed by atoms with Crippen molar-refractivity contribution in [3.8, 4) is 0 Å². The van der Waals surface area contributed by atoms with E-state index in [1.54, 1.807) is 0 Å². The molecule has 0 fully saturated rings. The fourth-order valence-corrected chi connectivity index (χ4v) is 2.14. The molecule has 0 aromatic heterocycles. The largest absolute Gasteiger partial charge is 0.303 e. The van der Waals surface area contributed by atoms with Gasteiger partial charge in [0, 0.05) is 5.41 Å². The molecular formula is C10H16O. The quantitative estimate of drug-likeness (QED) is 0.417. The molecule has 1 rings (SSSR count). The maximum atomic E-state index is 10.7. The van der Waals surface area contributed by atoms with Gasteiger partial charge in [-0.05, 0) is 25.7 Å². The van der Waals surface area contributed by atoms with Crippen molar-refractivity contribution in [3.05, 3.63) is 11.6 Å². The Hall–Kier alpha value is -0.590. The van der Waals surface area contributed by atoms with E-state index in [0.717, 1.165) is 19.1 Å². The van der Waals surface area contributed by atoms with Crippen molar-refractivity contribution in [1.82, 2.24) is 0 Å². The van der Waals surface area contributed by atoms with Crippen molar-refractivity contribution in [2.24, 2.45) is 11.3 Å². The monoisotopic (exact) mass is 152 g/mol. The van der Waals surface area contributed by atoms with Gasteiger partial charge in [-0.2, -0.15) is 0 Å². The molecule has 0 aromatic carbocycles. The highest BCUT2D eigenvalue weighted by molar-refractivity contribution is 5.60. The fraction of sp³-hybridized carbons (Fsp3) is 0.700. The van der Waals surface area contributed by atoms with Crippen LogP contribution in [0.2, 0.25) is 0 Å². The zero-order valence-electron chi connectivity index (χ0n) is 7.55. The van der Waals surface area contributed by atoms with E-state index in [1.807, 2.05) is 6.92 Å². The topological polar surface area (TPSA) is 17.1 Å². The van der Waals surface area contributed by atoms with Gasteiger partial charge in [0.05, 0.1) is 0 Å². The second-order valence-corrected chi connectivity index (χ2v) is 4.14.